The number of nitrogens with two attached hydrogens (primary N) is 1. The molecule has 0 unspecified atom stereocenters. The second-order valence-electron chi connectivity index (χ2n) is 4.44. The average molecular weight is 268 g/mol. The lowest BCUT2D eigenvalue weighted by Crippen LogP contribution is -2.24. The minimum Gasteiger partial charge on any atom is -0.493 e. The van der Waals surface area contributed by atoms with E-state index in [-0.39, 0.29) is 17.3 Å². The van der Waals surface area contributed by atoms with Crippen molar-refractivity contribution in [3.8, 4) is 11.6 Å². The first-order valence-corrected chi connectivity index (χ1v) is 6.02. The van der Waals surface area contributed by atoms with Gasteiger partial charge in [-0.1, -0.05) is 18.2 Å². The number of aromatic nitrogens is 3. The van der Waals surface area contributed by atoms with Gasteiger partial charge in [-0.3, -0.25) is 0 Å². The van der Waals surface area contributed by atoms with Gasteiger partial charge in [0.05, 0.1) is 11.1 Å². The predicted octanol–water partition coefficient (Wildman–Crippen LogP) is 1.38. The Labute approximate surface area is 114 Å². The van der Waals surface area contributed by atoms with E-state index in [2.05, 4.69) is 9.97 Å². The summed E-state index contributed by atoms with van der Waals surface area (Å²) in [6.07, 6.45) is 0. The Morgan fingerprint density at radius 3 is 2.65 bits per heavy atom. The van der Waals surface area contributed by atoms with Gasteiger partial charge in [-0.05, 0) is 24.6 Å². The number of hydrogen-bond acceptors (Lipinski definition) is 5. The van der Waals surface area contributed by atoms with Crippen molar-refractivity contribution in [1.29, 1.82) is 0 Å². The number of pyridine rings is 1. The number of rotatable bonds is 1. The van der Waals surface area contributed by atoms with Gasteiger partial charge in [-0.2, -0.15) is 9.97 Å². The summed E-state index contributed by atoms with van der Waals surface area (Å²) in [4.78, 5) is 20.0. The third-order valence-electron chi connectivity index (χ3n) is 3.11. The fourth-order valence-electron chi connectivity index (χ4n) is 2.14. The first-order valence-electron chi connectivity index (χ1n) is 6.02. The molecular formula is C14H12N4O2. The molecule has 0 spiro atoms. The standard InChI is InChI=1S/C14H12N4O2/c1-8-4-2-3-5-10(8)18-13-9(6-7-11(19)16-13)12(15)17-14(18)20/h2-7H,1H3,(H,16,19)(H2,15,17,20). The molecule has 3 aromatic rings. The third-order valence-corrected chi connectivity index (χ3v) is 3.11. The third kappa shape index (κ3) is 1.78. The topological polar surface area (TPSA) is 94.0 Å². The number of aromatic hydroxyl groups is 1. The van der Waals surface area contributed by atoms with Gasteiger partial charge in [0.1, 0.15) is 5.82 Å². The number of para-hydroxylation sites is 1. The maximum absolute atomic E-state index is 12.2. The summed E-state index contributed by atoms with van der Waals surface area (Å²) >= 11 is 0. The second-order valence-corrected chi connectivity index (χ2v) is 4.44. The molecule has 0 fully saturated rings. The summed E-state index contributed by atoms with van der Waals surface area (Å²) in [5.41, 5.74) is 7.07. The molecule has 0 atom stereocenters. The number of aryl methyl sites for hydroxylation is 1. The van der Waals surface area contributed by atoms with Gasteiger partial charge < -0.3 is 10.8 Å². The number of benzene rings is 1. The maximum Gasteiger partial charge on any atom is 0.355 e. The van der Waals surface area contributed by atoms with Crippen molar-refractivity contribution in [1.82, 2.24) is 14.5 Å². The van der Waals surface area contributed by atoms with E-state index in [0.717, 1.165) is 5.56 Å². The average Bonchev–Trinajstić information content (AvgIpc) is 2.40. The van der Waals surface area contributed by atoms with Crippen LogP contribution >= 0.6 is 0 Å². The highest BCUT2D eigenvalue weighted by atomic mass is 16.3. The lowest BCUT2D eigenvalue weighted by molar-refractivity contribution is 0.455. The Bertz CT molecular complexity index is 871. The normalized spacial score (nSPS) is 10.8. The Morgan fingerprint density at radius 1 is 1.15 bits per heavy atom. The molecule has 0 saturated heterocycles. The van der Waals surface area contributed by atoms with Crippen LogP contribution in [-0.4, -0.2) is 19.6 Å². The van der Waals surface area contributed by atoms with Crippen LogP contribution < -0.4 is 11.4 Å². The van der Waals surface area contributed by atoms with E-state index in [1.807, 2.05) is 25.1 Å². The van der Waals surface area contributed by atoms with Crippen molar-refractivity contribution in [2.45, 2.75) is 6.92 Å². The zero-order valence-electron chi connectivity index (χ0n) is 10.7. The molecular weight excluding hydrogens is 256 g/mol. The van der Waals surface area contributed by atoms with E-state index >= 15 is 0 Å². The predicted molar refractivity (Wildman–Crippen MR) is 75.9 cm³/mol. The molecule has 0 aliphatic rings. The zero-order valence-corrected chi connectivity index (χ0v) is 10.7. The molecule has 2 heterocycles. The molecule has 0 bridgehead atoms. The highest BCUT2D eigenvalue weighted by Crippen LogP contribution is 2.22. The first-order chi connectivity index (χ1) is 9.58. The van der Waals surface area contributed by atoms with Crippen molar-refractivity contribution in [3.05, 3.63) is 52.4 Å². The Kier molecular flexibility index (Phi) is 2.64. The first kappa shape index (κ1) is 12.2. The van der Waals surface area contributed by atoms with Crippen molar-refractivity contribution in [2.75, 3.05) is 5.73 Å². The second kappa shape index (κ2) is 4.34. The van der Waals surface area contributed by atoms with Crippen LogP contribution in [0, 0.1) is 6.92 Å². The number of nitrogen functional groups attached to an aromatic ring is 1. The lowest BCUT2D eigenvalue weighted by atomic mass is 10.2. The fraction of sp³-hybridized carbons (Fsp3) is 0.0714. The van der Waals surface area contributed by atoms with Gasteiger partial charge in [0.2, 0.25) is 5.88 Å². The molecule has 2 aromatic heterocycles. The number of hydrogen-bond donors (Lipinski definition) is 2. The number of nitrogens with zero attached hydrogens (tertiary/aromatic N) is 3. The summed E-state index contributed by atoms with van der Waals surface area (Å²) in [6.45, 7) is 1.88. The number of fused-ring (bicyclic) bond motifs is 1. The van der Waals surface area contributed by atoms with Gasteiger partial charge in [0.15, 0.2) is 5.65 Å². The molecule has 0 radical (unpaired) electrons. The van der Waals surface area contributed by atoms with Gasteiger partial charge in [0.25, 0.3) is 0 Å². The Morgan fingerprint density at radius 2 is 1.90 bits per heavy atom. The minimum atomic E-state index is -0.526. The van der Waals surface area contributed by atoms with Crippen LogP contribution in [0.5, 0.6) is 5.88 Å². The summed E-state index contributed by atoms with van der Waals surface area (Å²) in [5.74, 6) is -0.0767. The van der Waals surface area contributed by atoms with Crippen LogP contribution in [0.3, 0.4) is 0 Å². The maximum atomic E-state index is 12.2. The monoisotopic (exact) mass is 268 g/mol. The molecule has 0 aliphatic carbocycles. The fourth-order valence-corrected chi connectivity index (χ4v) is 2.14. The lowest BCUT2D eigenvalue weighted by Gasteiger charge is -2.12. The van der Waals surface area contributed by atoms with E-state index in [0.29, 0.717) is 11.1 Å². The van der Waals surface area contributed by atoms with Crippen molar-refractivity contribution in [3.63, 3.8) is 0 Å². The van der Waals surface area contributed by atoms with Crippen LogP contribution in [0.25, 0.3) is 16.7 Å². The zero-order chi connectivity index (χ0) is 14.3. The molecule has 0 aliphatic heterocycles. The van der Waals surface area contributed by atoms with E-state index in [9.17, 15) is 9.90 Å². The quantitative estimate of drug-likeness (QED) is 0.695. The molecule has 0 saturated carbocycles. The smallest absolute Gasteiger partial charge is 0.355 e. The molecule has 20 heavy (non-hydrogen) atoms. The molecule has 6 heteroatoms. The highest BCUT2D eigenvalue weighted by Gasteiger charge is 2.13. The van der Waals surface area contributed by atoms with Crippen LogP contribution in [0.15, 0.2) is 41.2 Å². The molecule has 0 amide bonds. The minimum absolute atomic E-state index is 0.0994. The Hall–Kier alpha value is -2.89. The summed E-state index contributed by atoms with van der Waals surface area (Å²) in [6, 6.07) is 10.4. The highest BCUT2D eigenvalue weighted by molar-refractivity contribution is 5.86. The van der Waals surface area contributed by atoms with Gasteiger partial charge in [-0.25, -0.2) is 9.36 Å². The molecule has 6 nitrogen and oxygen atoms in total. The SMILES string of the molecule is Cc1ccccc1-n1c(=O)nc(N)c2ccc(O)nc21. The van der Waals surface area contributed by atoms with Crippen molar-refractivity contribution < 1.29 is 5.11 Å². The molecule has 100 valence electrons. The van der Waals surface area contributed by atoms with Crippen LogP contribution in [0.1, 0.15) is 5.56 Å². The van der Waals surface area contributed by atoms with E-state index in [1.165, 1.54) is 10.6 Å². The van der Waals surface area contributed by atoms with Crippen LogP contribution in [-0.2, 0) is 0 Å². The number of anilines is 1. The van der Waals surface area contributed by atoms with Crippen molar-refractivity contribution >= 4 is 16.9 Å². The van der Waals surface area contributed by atoms with Crippen LogP contribution in [0.4, 0.5) is 5.82 Å². The van der Waals surface area contributed by atoms with Gasteiger partial charge in [0, 0.05) is 6.07 Å². The van der Waals surface area contributed by atoms with Gasteiger partial charge in [-0.15, -0.1) is 0 Å². The molecule has 3 N–H and O–H groups in total. The van der Waals surface area contributed by atoms with Crippen molar-refractivity contribution in [2.24, 2.45) is 0 Å². The largest absolute Gasteiger partial charge is 0.493 e. The Balaban J connectivity index is 2.50. The summed E-state index contributed by atoms with van der Waals surface area (Å²) < 4.78 is 1.35. The molecule has 3 rings (SSSR count). The van der Waals surface area contributed by atoms with Crippen LogP contribution in [0.2, 0.25) is 0 Å². The van der Waals surface area contributed by atoms with E-state index < -0.39 is 5.69 Å². The van der Waals surface area contributed by atoms with Gasteiger partial charge >= 0.3 is 5.69 Å². The summed E-state index contributed by atoms with van der Waals surface area (Å²) in [7, 11) is 0. The summed E-state index contributed by atoms with van der Waals surface area (Å²) in [5, 5.41) is 10.1. The molecule has 1 aromatic carbocycles. The van der Waals surface area contributed by atoms with E-state index in [1.54, 1.807) is 12.1 Å². The van der Waals surface area contributed by atoms with E-state index in [4.69, 9.17) is 5.73 Å².